The van der Waals surface area contributed by atoms with E-state index in [0.29, 0.717) is 26.2 Å². The number of aliphatic hydroxyl groups is 1. The number of amides is 2. The number of hydrogen-bond acceptors (Lipinski definition) is 3. The molecule has 2 heterocycles. The molecule has 6 heteroatoms. The molecule has 2 aliphatic heterocycles. The smallest absolute Gasteiger partial charge is 0.320 e. The summed E-state index contributed by atoms with van der Waals surface area (Å²) < 4.78 is 0. The number of urea groups is 1. The summed E-state index contributed by atoms with van der Waals surface area (Å²) in [5, 5.41) is 18.7. The van der Waals surface area contributed by atoms with Crippen LogP contribution in [-0.2, 0) is 4.79 Å². The lowest BCUT2D eigenvalue weighted by Crippen LogP contribution is -2.47. The van der Waals surface area contributed by atoms with Crippen LogP contribution in [0.25, 0.3) is 0 Å². The highest BCUT2D eigenvalue weighted by atomic mass is 16.4. The quantitative estimate of drug-likeness (QED) is 0.788. The van der Waals surface area contributed by atoms with Crippen LogP contribution in [-0.4, -0.2) is 64.3 Å². The highest BCUT2D eigenvalue weighted by Gasteiger charge is 2.39. The van der Waals surface area contributed by atoms with Crippen molar-refractivity contribution >= 4 is 12.0 Å². The Morgan fingerprint density at radius 3 is 2.20 bits per heavy atom. The fraction of sp³-hybridized carbons (Fsp3) is 0.857. The van der Waals surface area contributed by atoms with Gasteiger partial charge in [-0.15, -0.1) is 0 Å². The van der Waals surface area contributed by atoms with Crippen molar-refractivity contribution in [1.29, 1.82) is 0 Å². The minimum Gasteiger partial charge on any atom is -0.481 e. The first-order chi connectivity index (χ1) is 9.40. The van der Waals surface area contributed by atoms with Gasteiger partial charge in [0.15, 0.2) is 0 Å². The van der Waals surface area contributed by atoms with Crippen LogP contribution in [0.3, 0.4) is 0 Å². The van der Waals surface area contributed by atoms with E-state index in [1.54, 1.807) is 16.7 Å². The van der Waals surface area contributed by atoms with Gasteiger partial charge in [0.05, 0.1) is 12.0 Å². The standard InChI is InChI=1S/C14H24N2O4/c1-9-7-16(8-12(9)13(18)19)14(20)15-5-3-11(4-6-15)10(2)17/h9-12,17H,3-8H2,1-2H3,(H,18,19)/t9-,10?,12-/m1/s1. The molecular weight excluding hydrogens is 260 g/mol. The van der Waals surface area contributed by atoms with E-state index < -0.39 is 11.9 Å². The van der Waals surface area contributed by atoms with Crippen LogP contribution in [0.5, 0.6) is 0 Å². The fourth-order valence-electron chi connectivity index (χ4n) is 3.22. The van der Waals surface area contributed by atoms with E-state index >= 15 is 0 Å². The van der Waals surface area contributed by atoms with Crippen LogP contribution < -0.4 is 0 Å². The zero-order valence-corrected chi connectivity index (χ0v) is 12.2. The SMILES string of the molecule is CC(O)C1CCN(C(=O)N2C[C@@H](C)[C@H](C(=O)O)C2)CC1. The van der Waals surface area contributed by atoms with Crippen molar-refractivity contribution in [3.8, 4) is 0 Å². The molecule has 0 saturated carbocycles. The third kappa shape index (κ3) is 3.06. The Hall–Kier alpha value is -1.30. The number of rotatable bonds is 2. The van der Waals surface area contributed by atoms with E-state index in [-0.39, 0.29) is 24.0 Å². The molecular formula is C14H24N2O4. The number of aliphatic carboxylic acids is 1. The van der Waals surface area contributed by atoms with Gasteiger partial charge in [0.25, 0.3) is 0 Å². The molecule has 20 heavy (non-hydrogen) atoms. The van der Waals surface area contributed by atoms with Gasteiger partial charge in [0.1, 0.15) is 0 Å². The van der Waals surface area contributed by atoms with Gasteiger partial charge < -0.3 is 20.0 Å². The molecule has 2 rings (SSSR count). The van der Waals surface area contributed by atoms with Gasteiger partial charge in [-0.1, -0.05) is 6.92 Å². The predicted molar refractivity (Wildman–Crippen MR) is 73.2 cm³/mol. The van der Waals surface area contributed by atoms with E-state index in [0.717, 1.165) is 12.8 Å². The summed E-state index contributed by atoms with van der Waals surface area (Å²) in [7, 11) is 0. The Bertz CT molecular complexity index is 377. The van der Waals surface area contributed by atoms with E-state index in [1.807, 2.05) is 6.92 Å². The molecule has 2 fully saturated rings. The molecule has 0 spiro atoms. The van der Waals surface area contributed by atoms with E-state index in [4.69, 9.17) is 5.11 Å². The van der Waals surface area contributed by atoms with Gasteiger partial charge in [-0.3, -0.25) is 4.79 Å². The molecule has 0 aromatic carbocycles. The molecule has 1 unspecified atom stereocenters. The average Bonchev–Trinajstić information content (AvgIpc) is 2.80. The number of carbonyl (C=O) groups excluding carboxylic acids is 1. The lowest BCUT2D eigenvalue weighted by Gasteiger charge is -2.35. The molecule has 2 amide bonds. The van der Waals surface area contributed by atoms with Crippen molar-refractivity contribution in [2.45, 2.75) is 32.8 Å². The first kappa shape index (κ1) is 15.1. The number of hydrogen-bond donors (Lipinski definition) is 2. The Balaban J connectivity index is 1.89. The number of aliphatic hydroxyl groups excluding tert-OH is 1. The second-order valence-corrected chi connectivity index (χ2v) is 6.17. The minimum atomic E-state index is -0.819. The number of carboxylic acid groups (broad SMARTS) is 1. The first-order valence-corrected chi connectivity index (χ1v) is 7.35. The van der Waals surface area contributed by atoms with Crippen molar-refractivity contribution in [2.24, 2.45) is 17.8 Å². The summed E-state index contributed by atoms with van der Waals surface area (Å²) in [5.74, 6) is -0.996. The summed E-state index contributed by atoms with van der Waals surface area (Å²) in [5.41, 5.74) is 0. The van der Waals surface area contributed by atoms with Gasteiger partial charge in [0, 0.05) is 26.2 Å². The Labute approximate surface area is 119 Å². The van der Waals surface area contributed by atoms with Crippen LogP contribution in [0.15, 0.2) is 0 Å². The second kappa shape index (κ2) is 5.99. The summed E-state index contributed by atoms with van der Waals surface area (Å²) in [6.45, 7) is 5.80. The normalized spacial score (nSPS) is 29.6. The highest BCUT2D eigenvalue weighted by molar-refractivity contribution is 5.77. The molecule has 0 radical (unpaired) electrons. The zero-order chi connectivity index (χ0) is 14.9. The second-order valence-electron chi connectivity index (χ2n) is 6.17. The maximum atomic E-state index is 12.4. The summed E-state index contributed by atoms with van der Waals surface area (Å²) in [6.07, 6.45) is 1.31. The zero-order valence-electron chi connectivity index (χ0n) is 12.2. The molecule has 0 aliphatic carbocycles. The summed E-state index contributed by atoms with van der Waals surface area (Å²) in [4.78, 5) is 26.9. The minimum absolute atomic E-state index is 0.00598. The Morgan fingerprint density at radius 2 is 1.75 bits per heavy atom. The summed E-state index contributed by atoms with van der Waals surface area (Å²) in [6, 6.07) is -0.0513. The lowest BCUT2D eigenvalue weighted by atomic mass is 9.92. The molecule has 0 bridgehead atoms. The molecule has 0 aromatic rings. The largest absolute Gasteiger partial charge is 0.481 e. The molecule has 2 saturated heterocycles. The topological polar surface area (TPSA) is 81.1 Å². The molecule has 0 aromatic heterocycles. The van der Waals surface area contributed by atoms with Crippen LogP contribution in [0.2, 0.25) is 0 Å². The van der Waals surface area contributed by atoms with Crippen LogP contribution in [0.4, 0.5) is 4.79 Å². The van der Waals surface area contributed by atoms with Crippen LogP contribution in [0.1, 0.15) is 26.7 Å². The molecule has 6 nitrogen and oxygen atoms in total. The summed E-state index contributed by atoms with van der Waals surface area (Å²) >= 11 is 0. The van der Waals surface area contributed by atoms with E-state index in [9.17, 15) is 14.7 Å². The maximum absolute atomic E-state index is 12.4. The van der Waals surface area contributed by atoms with Gasteiger partial charge in [-0.25, -0.2) is 4.79 Å². The molecule has 2 N–H and O–H groups in total. The fourth-order valence-corrected chi connectivity index (χ4v) is 3.22. The average molecular weight is 284 g/mol. The monoisotopic (exact) mass is 284 g/mol. The van der Waals surface area contributed by atoms with Crippen LogP contribution >= 0.6 is 0 Å². The maximum Gasteiger partial charge on any atom is 0.320 e. The van der Waals surface area contributed by atoms with Crippen molar-refractivity contribution in [3.63, 3.8) is 0 Å². The lowest BCUT2D eigenvalue weighted by molar-refractivity contribution is -0.142. The molecule has 3 atom stereocenters. The van der Waals surface area contributed by atoms with Crippen LogP contribution in [0, 0.1) is 17.8 Å². The molecule has 114 valence electrons. The van der Waals surface area contributed by atoms with Crippen molar-refractivity contribution < 1.29 is 19.8 Å². The number of nitrogens with zero attached hydrogens (tertiary/aromatic N) is 2. The Kier molecular flexibility index (Phi) is 4.52. The first-order valence-electron chi connectivity index (χ1n) is 7.35. The van der Waals surface area contributed by atoms with Crippen molar-refractivity contribution in [3.05, 3.63) is 0 Å². The number of carbonyl (C=O) groups is 2. The highest BCUT2D eigenvalue weighted by Crippen LogP contribution is 2.26. The Morgan fingerprint density at radius 1 is 1.15 bits per heavy atom. The van der Waals surface area contributed by atoms with Gasteiger partial charge in [-0.2, -0.15) is 0 Å². The molecule has 2 aliphatic rings. The number of piperidine rings is 1. The van der Waals surface area contributed by atoms with Gasteiger partial charge in [-0.05, 0) is 31.6 Å². The predicted octanol–water partition coefficient (Wildman–Crippen LogP) is 0.852. The van der Waals surface area contributed by atoms with Crippen molar-refractivity contribution in [1.82, 2.24) is 9.80 Å². The third-order valence-corrected chi connectivity index (χ3v) is 4.69. The van der Waals surface area contributed by atoms with Gasteiger partial charge >= 0.3 is 12.0 Å². The number of carboxylic acids is 1. The van der Waals surface area contributed by atoms with Crippen molar-refractivity contribution in [2.75, 3.05) is 26.2 Å². The van der Waals surface area contributed by atoms with E-state index in [1.165, 1.54) is 0 Å². The van der Waals surface area contributed by atoms with E-state index in [2.05, 4.69) is 0 Å². The van der Waals surface area contributed by atoms with Gasteiger partial charge in [0.2, 0.25) is 0 Å². The number of likely N-dealkylation sites (tertiary alicyclic amines) is 2. The third-order valence-electron chi connectivity index (χ3n) is 4.69.